The molecule has 0 fully saturated rings. The van der Waals surface area contributed by atoms with Crippen molar-refractivity contribution in [2.24, 2.45) is 15.6 Å². The first-order chi connectivity index (χ1) is 14.8. The minimum Gasteiger partial charge on any atom is -0.244 e. The molecule has 0 aliphatic carbocycles. The fraction of sp³-hybridized carbons (Fsp3) is 0.520. The van der Waals surface area contributed by atoms with E-state index in [2.05, 4.69) is 44.2 Å². The Morgan fingerprint density at radius 1 is 0.875 bits per heavy atom. The number of benzene rings is 2. The summed E-state index contributed by atoms with van der Waals surface area (Å²) < 4.78 is 46.2. The molecule has 178 valence electrons. The van der Waals surface area contributed by atoms with Gasteiger partial charge in [-0.25, -0.2) is 4.21 Å². The van der Waals surface area contributed by atoms with Crippen LogP contribution in [0.2, 0.25) is 19.6 Å². The lowest BCUT2D eigenvalue weighted by Gasteiger charge is -2.40. The molecule has 7 heteroatoms. The predicted molar refractivity (Wildman–Crippen MR) is 139 cm³/mol. The number of hydrogen-bond acceptors (Lipinski definition) is 3. The highest BCUT2D eigenvalue weighted by Crippen LogP contribution is 2.38. The van der Waals surface area contributed by atoms with Crippen molar-refractivity contribution in [1.82, 2.24) is 0 Å². The lowest BCUT2D eigenvalue weighted by molar-refractivity contribution is 0.364. The van der Waals surface area contributed by atoms with Gasteiger partial charge >= 0.3 is 0 Å². The number of rotatable bonds is 10. The third-order valence-electron chi connectivity index (χ3n) is 5.94. The molecule has 3 unspecified atom stereocenters. The van der Waals surface area contributed by atoms with Gasteiger partial charge in [-0.1, -0.05) is 89.1 Å². The molecule has 4 nitrogen and oxygen atoms in total. The molecular weight excluding hydrogens is 454 g/mol. The van der Waals surface area contributed by atoms with E-state index < -0.39 is 27.8 Å². The van der Waals surface area contributed by atoms with Gasteiger partial charge < -0.3 is 0 Å². The Hall–Kier alpha value is -1.44. The zero-order valence-electron chi connectivity index (χ0n) is 20.5. The number of aryl methyl sites for hydroxylation is 1. The minimum absolute atomic E-state index is 0.0933. The second kappa shape index (κ2) is 10.7. The van der Waals surface area contributed by atoms with Crippen molar-refractivity contribution in [1.29, 1.82) is 0 Å². The quantitative estimate of drug-likeness (QED) is 0.337. The van der Waals surface area contributed by atoms with Crippen molar-refractivity contribution >= 4 is 27.8 Å². The summed E-state index contributed by atoms with van der Waals surface area (Å²) in [6.45, 7) is 14.9. The SMILES string of the molecule is CCCCC(C(C)C)C([Si](C)(C)C)S(=O)(=NS(=O)(=O)c1ccc(C)cc1)c1ccccc1. The standard InChI is InChI=1S/C25H39NO3S2Si/c1-8-9-15-24(20(2)3)25(32(5,6)7)30(27,22-13-11-10-12-14-22)26-31(28,29)23-18-16-21(4)17-19-23/h10-14,16-20,24-25H,8-9,15H2,1-7H3. The summed E-state index contributed by atoms with van der Waals surface area (Å²) in [5, 5.41) is 0. The second-order valence-corrected chi connectivity index (χ2v) is 20.0. The van der Waals surface area contributed by atoms with Crippen LogP contribution in [-0.2, 0) is 19.8 Å². The summed E-state index contributed by atoms with van der Waals surface area (Å²) in [6, 6.07) is 15.7. The van der Waals surface area contributed by atoms with Crippen LogP contribution in [0.25, 0.3) is 0 Å². The van der Waals surface area contributed by atoms with Gasteiger partial charge in [0.05, 0.1) is 22.7 Å². The van der Waals surface area contributed by atoms with E-state index in [0.717, 1.165) is 24.8 Å². The van der Waals surface area contributed by atoms with Crippen molar-refractivity contribution < 1.29 is 12.6 Å². The van der Waals surface area contributed by atoms with Gasteiger partial charge in [0.15, 0.2) is 0 Å². The highest BCUT2D eigenvalue weighted by atomic mass is 32.3. The molecule has 0 aliphatic rings. The third kappa shape index (κ3) is 6.32. The Bertz CT molecular complexity index is 1100. The third-order valence-corrected chi connectivity index (χ3v) is 15.7. The summed E-state index contributed by atoms with van der Waals surface area (Å²) in [5.74, 6) is 0.409. The predicted octanol–water partition coefficient (Wildman–Crippen LogP) is 6.92. The summed E-state index contributed by atoms with van der Waals surface area (Å²) in [7, 11) is -9.48. The average molecular weight is 494 g/mol. The minimum atomic E-state index is -4.10. The van der Waals surface area contributed by atoms with Crippen molar-refractivity contribution in [3.8, 4) is 0 Å². The van der Waals surface area contributed by atoms with Gasteiger partial charge in [0.2, 0.25) is 0 Å². The van der Waals surface area contributed by atoms with Crippen LogP contribution < -0.4 is 0 Å². The number of unbranched alkanes of at least 4 members (excludes halogenated alkanes) is 1. The molecule has 0 N–H and O–H groups in total. The van der Waals surface area contributed by atoms with E-state index in [0.29, 0.717) is 4.90 Å². The summed E-state index contributed by atoms with van der Waals surface area (Å²) in [6.07, 6.45) is 3.00. The molecule has 0 bridgehead atoms. The van der Waals surface area contributed by atoms with E-state index in [1.54, 1.807) is 36.4 Å². The molecule has 0 aromatic heterocycles. The van der Waals surface area contributed by atoms with Crippen molar-refractivity contribution in [3.05, 3.63) is 60.2 Å². The molecule has 0 amide bonds. The highest BCUT2D eigenvalue weighted by Gasteiger charge is 2.44. The smallest absolute Gasteiger partial charge is 0.244 e. The van der Waals surface area contributed by atoms with Crippen LogP contribution in [0.1, 0.15) is 45.6 Å². The van der Waals surface area contributed by atoms with E-state index in [4.69, 9.17) is 0 Å². The van der Waals surface area contributed by atoms with E-state index in [1.165, 1.54) is 0 Å². The second-order valence-electron chi connectivity index (χ2n) is 10.1. The van der Waals surface area contributed by atoms with Crippen LogP contribution >= 0.6 is 0 Å². The molecule has 2 aromatic rings. The van der Waals surface area contributed by atoms with Crippen molar-refractivity contribution in [2.45, 2.75) is 81.3 Å². The Morgan fingerprint density at radius 3 is 1.91 bits per heavy atom. The Kier molecular flexibility index (Phi) is 8.93. The molecule has 3 atom stereocenters. The molecule has 2 rings (SSSR count). The highest BCUT2D eigenvalue weighted by molar-refractivity contribution is 8.04. The van der Waals surface area contributed by atoms with Gasteiger partial charge in [0, 0.05) is 9.77 Å². The largest absolute Gasteiger partial charge is 0.290 e. The molecule has 0 radical (unpaired) electrons. The fourth-order valence-electron chi connectivity index (χ4n) is 4.38. The molecule has 0 heterocycles. The van der Waals surface area contributed by atoms with E-state index >= 15 is 0 Å². The normalized spacial score (nSPS) is 16.4. The van der Waals surface area contributed by atoms with Gasteiger partial charge in [-0.05, 0) is 49.4 Å². The maximum Gasteiger partial charge on any atom is 0.290 e. The molecule has 32 heavy (non-hydrogen) atoms. The number of sulfonamides is 1. The lowest BCUT2D eigenvalue weighted by atomic mass is 9.92. The molecule has 0 aliphatic heterocycles. The van der Waals surface area contributed by atoms with Crippen LogP contribution in [0.15, 0.2) is 68.2 Å². The van der Waals surface area contributed by atoms with Gasteiger partial charge in [0.25, 0.3) is 10.0 Å². The monoisotopic (exact) mass is 493 g/mol. The van der Waals surface area contributed by atoms with Gasteiger partial charge in [0.1, 0.15) is 0 Å². The summed E-state index contributed by atoms with van der Waals surface area (Å²) in [5.41, 5.74) is 0.965. The summed E-state index contributed by atoms with van der Waals surface area (Å²) in [4.78, 5) is 0.324. The van der Waals surface area contributed by atoms with Crippen molar-refractivity contribution in [2.75, 3.05) is 0 Å². The van der Waals surface area contributed by atoms with Crippen LogP contribution in [0.4, 0.5) is 0 Å². The Balaban J connectivity index is 2.87. The maximum absolute atomic E-state index is 15.0. The topological polar surface area (TPSA) is 63.6 Å². The van der Waals surface area contributed by atoms with Crippen LogP contribution in [0, 0.1) is 18.8 Å². The van der Waals surface area contributed by atoms with Gasteiger partial charge in [-0.15, -0.1) is 3.77 Å². The van der Waals surface area contributed by atoms with Gasteiger partial charge in [-0.3, -0.25) is 0 Å². The van der Waals surface area contributed by atoms with Gasteiger partial charge in [-0.2, -0.15) is 8.42 Å². The first kappa shape index (κ1) is 26.8. The summed E-state index contributed by atoms with van der Waals surface area (Å²) >= 11 is 0. The van der Waals surface area contributed by atoms with E-state index in [1.807, 2.05) is 25.1 Å². The van der Waals surface area contributed by atoms with Crippen LogP contribution in [0.5, 0.6) is 0 Å². The molecule has 0 saturated heterocycles. The zero-order valence-corrected chi connectivity index (χ0v) is 23.2. The Labute approximate surface area is 197 Å². The first-order valence-electron chi connectivity index (χ1n) is 11.5. The first-order valence-corrected chi connectivity index (χ1v) is 18.1. The Morgan fingerprint density at radius 2 is 1.44 bits per heavy atom. The van der Waals surface area contributed by atoms with Crippen molar-refractivity contribution in [3.63, 3.8) is 0 Å². The maximum atomic E-state index is 15.0. The lowest BCUT2D eigenvalue weighted by Crippen LogP contribution is -2.50. The van der Waals surface area contributed by atoms with Crippen LogP contribution in [0.3, 0.4) is 0 Å². The molecule has 0 saturated carbocycles. The number of nitrogens with zero attached hydrogens (tertiary/aromatic N) is 1. The van der Waals surface area contributed by atoms with E-state index in [9.17, 15) is 12.6 Å². The molecule has 2 aromatic carbocycles. The average Bonchev–Trinajstić information content (AvgIpc) is 2.70. The fourth-order valence-corrected chi connectivity index (χ4v) is 15.3. The zero-order chi connectivity index (χ0) is 24.2. The van der Waals surface area contributed by atoms with E-state index in [-0.39, 0.29) is 21.6 Å². The molecular formula is C25H39NO3S2Si. The molecule has 0 spiro atoms. The van der Waals surface area contributed by atoms with Crippen LogP contribution in [-0.4, -0.2) is 25.6 Å². The number of hydrogen-bond donors (Lipinski definition) is 0.